The number of benzene rings is 3. The molecule has 4 rings (SSSR count). The van der Waals surface area contributed by atoms with Gasteiger partial charge in [-0.15, -0.1) is 0 Å². The second-order valence-electron chi connectivity index (χ2n) is 7.45. The monoisotopic (exact) mass is 428 g/mol. The average Bonchev–Trinajstić information content (AvgIpc) is 3.04. The number of nitrogens with zero attached hydrogens (tertiary/aromatic N) is 1. The standard InChI is InChI=1S/C25H20N2O5/c1-15-7-5-9-18(13-15)26-22(28)16(2)32-25(31)17-8-6-10-19(14-17)27-23(29)20-11-3-4-12-21(20)24(27)30/h3-14,16H,1-2H3,(H,26,28). The van der Waals surface area contributed by atoms with Gasteiger partial charge in [0.2, 0.25) is 0 Å². The molecule has 1 atom stereocenters. The third kappa shape index (κ3) is 4.00. The summed E-state index contributed by atoms with van der Waals surface area (Å²) in [6.07, 6.45) is -1.05. The first-order valence-corrected chi connectivity index (χ1v) is 10.0. The zero-order valence-electron chi connectivity index (χ0n) is 17.5. The van der Waals surface area contributed by atoms with Gasteiger partial charge < -0.3 is 10.1 Å². The number of esters is 1. The molecule has 0 aliphatic carbocycles. The Labute approximate surface area is 184 Å². The number of anilines is 2. The SMILES string of the molecule is Cc1cccc(NC(=O)C(C)OC(=O)c2cccc(N3C(=O)c4ccccc4C3=O)c2)c1. The number of amides is 3. The molecule has 0 aromatic heterocycles. The molecule has 0 bridgehead atoms. The Morgan fingerprint density at radius 3 is 2.19 bits per heavy atom. The molecule has 0 radical (unpaired) electrons. The number of rotatable bonds is 5. The lowest BCUT2D eigenvalue weighted by Gasteiger charge is -2.16. The summed E-state index contributed by atoms with van der Waals surface area (Å²) in [5.74, 6) is -2.13. The second-order valence-corrected chi connectivity index (χ2v) is 7.45. The summed E-state index contributed by atoms with van der Waals surface area (Å²) in [5, 5.41) is 2.70. The van der Waals surface area contributed by atoms with Crippen LogP contribution >= 0.6 is 0 Å². The molecule has 0 saturated heterocycles. The van der Waals surface area contributed by atoms with E-state index in [-0.39, 0.29) is 11.3 Å². The molecule has 0 fully saturated rings. The summed E-state index contributed by atoms with van der Waals surface area (Å²) in [6, 6.07) is 19.8. The van der Waals surface area contributed by atoms with Crippen molar-refractivity contribution in [2.75, 3.05) is 10.2 Å². The Bertz CT molecular complexity index is 1220. The molecule has 160 valence electrons. The summed E-state index contributed by atoms with van der Waals surface area (Å²) in [5.41, 5.74) is 2.58. The Hall–Kier alpha value is -4.26. The molecular formula is C25H20N2O5. The molecule has 32 heavy (non-hydrogen) atoms. The van der Waals surface area contributed by atoms with E-state index in [2.05, 4.69) is 5.32 Å². The van der Waals surface area contributed by atoms with Gasteiger partial charge in [-0.25, -0.2) is 9.69 Å². The molecule has 3 aromatic carbocycles. The summed E-state index contributed by atoms with van der Waals surface area (Å²) >= 11 is 0. The Morgan fingerprint density at radius 1 is 0.875 bits per heavy atom. The molecule has 3 aromatic rings. The fraction of sp³-hybridized carbons (Fsp3) is 0.120. The van der Waals surface area contributed by atoms with Crippen LogP contribution in [0.2, 0.25) is 0 Å². The fourth-order valence-corrected chi connectivity index (χ4v) is 3.44. The van der Waals surface area contributed by atoms with Gasteiger partial charge in [0, 0.05) is 5.69 Å². The van der Waals surface area contributed by atoms with Crippen LogP contribution in [0.1, 0.15) is 43.6 Å². The Kier molecular flexibility index (Phi) is 5.55. The fourth-order valence-electron chi connectivity index (χ4n) is 3.44. The van der Waals surface area contributed by atoms with Crippen molar-refractivity contribution in [3.05, 3.63) is 95.1 Å². The Morgan fingerprint density at radius 2 is 1.53 bits per heavy atom. The molecule has 1 N–H and O–H groups in total. The minimum absolute atomic E-state index is 0.120. The third-order valence-electron chi connectivity index (χ3n) is 5.07. The largest absolute Gasteiger partial charge is 0.449 e. The lowest BCUT2D eigenvalue weighted by molar-refractivity contribution is -0.123. The van der Waals surface area contributed by atoms with E-state index in [1.165, 1.54) is 19.1 Å². The number of hydrogen-bond donors (Lipinski definition) is 1. The molecule has 0 spiro atoms. The lowest BCUT2D eigenvalue weighted by atomic mass is 10.1. The van der Waals surface area contributed by atoms with E-state index in [1.807, 2.05) is 19.1 Å². The second kappa shape index (κ2) is 8.47. The highest BCUT2D eigenvalue weighted by Crippen LogP contribution is 2.29. The highest BCUT2D eigenvalue weighted by atomic mass is 16.5. The molecule has 1 aliphatic rings. The van der Waals surface area contributed by atoms with E-state index in [0.29, 0.717) is 16.8 Å². The van der Waals surface area contributed by atoms with Crippen LogP contribution < -0.4 is 10.2 Å². The van der Waals surface area contributed by atoms with Gasteiger partial charge in [0.15, 0.2) is 6.10 Å². The van der Waals surface area contributed by atoms with Crippen LogP contribution in [-0.4, -0.2) is 29.8 Å². The van der Waals surface area contributed by atoms with Gasteiger partial charge in [0.25, 0.3) is 17.7 Å². The summed E-state index contributed by atoms with van der Waals surface area (Å²) in [6.45, 7) is 3.37. The van der Waals surface area contributed by atoms with E-state index < -0.39 is 29.8 Å². The number of carbonyl (C=O) groups is 4. The quantitative estimate of drug-likeness (QED) is 0.490. The van der Waals surface area contributed by atoms with Crippen molar-refractivity contribution in [3.8, 4) is 0 Å². The van der Waals surface area contributed by atoms with Gasteiger partial charge in [0.1, 0.15) is 0 Å². The van der Waals surface area contributed by atoms with Crippen molar-refractivity contribution >= 4 is 35.1 Å². The first-order chi connectivity index (χ1) is 15.3. The maximum atomic E-state index is 12.7. The van der Waals surface area contributed by atoms with Crippen molar-refractivity contribution in [2.45, 2.75) is 20.0 Å². The minimum Gasteiger partial charge on any atom is -0.449 e. The van der Waals surface area contributed by atoms with E-state index in [1.54, 1.807) is 48.5 Å². The predicted molar refractivity (Wildman–Crippen MR) is 119 cm³/mol. The number of nitrogens with one attached hydrogen (secondary N) is 1. The molecule has 3 amide bonds. The van der Waals surface area contributed by atoms with Crippen LogP contribution in [0.5, 0.6) is 0 Å². The number of carbonyl (C=O) groups excluding carboxylic acids is 4. The van der Waals surface area contributed by atoms with Crippen LogP contribution in [0, 0.1) is 6.92 Å². The van der Waals surface area contributed by atoms with E-state index in [9.17, 15) is 19.2 Å². The summed E-state index contributed by atoms with van der Waals surface area (Å²) in [4.78, 5) is 51.4. The normalized spacial score (nSPS) is 13.5. The maximum Gasteiger partial charge on any atom is 0.338 e. The molecular weight excluding hydrogens is 408 g/mol. The minimum atomic E-state index is -1.05. The van der Waals surface area contributed by atoms with E-state index >= 15 is 0 Å². The van der Waals surface area contributed by atoms with Crippen molar-refractivity contribution in [1.82, 2.24) is 0 Å². The number of imide groups is 1. The molecule has 7 nitrogen and oxygen atoms in total. The van der Waals surface area contributed by atoms with E-state index in [0.717, 1.165) is 10.5 Å². The maximum absolute atomic E-state index is 12.7. The number of hydrogen-bond acceptors (Lipinski definition) is 5. The highest BCUT2D eigenvalue weighted by Gasteiger charge is 2.36. The van der Waals surface area contributed by atoms with Crippen LogP contribution in [0.3, 0.4) is 0 Å². The number of aryl methyl sites for hydroxylation is 1. The molecule has 7 heteroatoms. The summed E-state index contributed by atoms with van der Waals surface area (Å²) < 4.78 is 5.29. The van der Waals surface area contributed by atoms with Crippen LogP contribution in [0.25, 0.3) is 0 Å². The van der Waals surface area contributed by atoms with Crippen LogP contribution in [-0.2, 0) is 9.53 Å². The predicted octanol–water partition coefficient (Wildman–Crippen LogP) is 3.98. The molecule has 0 saturated carbocycles. The van der Waals surface area contributed by atoms with Crippen LogP contribution in [0.4, 0.5) is 11.4 Å². The van der Waals surface area contributed by atoms with Gasteiger partial charge in [-0.1, -0.05) is 30.3 Å². The molecule has 1 unspecified atom stereocenters. The van der Waals surface area contributed by atoms with Gasteiger partial charge >= 0.3 is 5.97 Å². The number of ether oxygens (including phenoxy) is 1. The van der Waals surface area contributed by atoms with Crippen LogP contribution in [0.15, 0.2) is 72.8 Å². The first-order valence-electron chi connectivity index (χ1n) is 10.0. The average molecular weight is 428 g/mol. The van der Waals surface area contributed by atoms with Gasteiger partial charge in [-0.2, -0.15) is 0 Å². The van der Waals surface area contributed by atoms with E-state index in [4.69, 9.17) is 4.74 Å². The molecule has 1 aliphatic heterocycles. The third-order valence-corrected chi connectivity index (χ3v) is 5.07. The number of fused-ring (bicyclic) bond motifs is 1. The lowest BCUT2D eigenvalue weighted by Crippen LogP contribution is -2.31. The van der Waals surface area contributed by atoms with Crippen molar-refractivity contribution in [2.24, 2.45) is 0 Å². The van der Waals surface area contributed by atoms with Crippen molar-refractivity contribution < 1.29 is 23.9 Å². The Balaban J connectivity index is 1.48. The summed E-state index contributed by atoms with van der Waals surface area (Å²) in [7, 11) is 0. The van der Waals surface area contributed by atoms with Crippen molar-refractivity contribution in [3.63, 3.8) is 0 Å². The van der Waals surface area contributed by atoms with Gasteiger partial charge in [0.05, 0.1) is 22.4 Å². The topological polar surface area (TPSA) is 92.8 Å². The highest BCUT2D eigenvalue weighted by molar-refractivity contribution is 6.34. The smallest absolute Gasteiger partial charge is 0.338 e. The van der Waals surface area contributed by atoms with Crippen molar-refractivity contribution in [1.29, 1.82) is 0 Å². The first kappa shape index (κ1) is 21.0. The zero-order chi connectivity index (χ0) is 22.8. The van der Waals surface area contributed by atoms with Gasteiger partial charge in [-0.05, 0) is 61.9 Å². The molecule has 1 heterocycles. The zero-order valence-corrected chi connectivity index (χ0v) is 17.5. The van der Waals surface area contributed by atoms with Gasteiger partial charge in [-0.3, -0.25) is 14.4 Å².